The van der Waals surface area contributed by atoms with Crippen molar-refractivity contribution in [3.63, 3.8) is 0 Å². The molecule has 0 atom stereocenters. The van der Waals surface area contributed by atoms with Crippen LogP contribution in [0.15, 0.2) is 10.8 Å². The van der Waals surface area contributed by atoms with E-state index in [-0.39, 0.29) is 0 Å². The summed E-state index contributed by atoms with van der Waals surface area (Å²) >= 11 is 19.9. The molecule has 0 unspecified atom stereocenters. The summed E-state index contributed by atoms with van der Waals surface area (Å²) in [7, 11) is 0. The molecule has 0 nitrogen and oxygen atoms in total. The maximum Gasteiger partial charge on any atom is 0.105 e. The second-order valence-corrected chi connectivity index (χ2v) is 6.31. The summed E-state index contributed by atoms with van der Waals surface area (Å²) in [6.07, 6.45) is 0. The molecular formula is C4H4S6. The minimum absolute atomic E-state index is 0.599. The summed E-state index contributed by atoms with van der Waals surface area (Å²) in [6.45, 7) is 0. The Morgan fingerprint density at radius 3 is 1.50 bits per heavy atom. The zero-order valence-corrected chi connectivity index (χ0v) is 9.74. The van der Waals surface area contributed by atoms with Crippen LogP contribution in [-0.4, -0.2) is 7.06 Å². The lowest BCUT2D eigenvalue weighted by Gasteiger charge is -1.86. The molecule has 0 saturated carbocycles. The Labute approximate surface area is 90.4 Å². The van der Waals surface area contributed by atoms with Crippen molar-refractivity contribution < 1.29 is 0 Å². The van der Waals surface area contributed by atoms with E-state index in [1.165, 1.54) is 23.5 Å². The molecule has 0 rings (SSSR count). The molecule has 0 N–H and O–H groups in total. The molecule has 0 spiro atoms. The van der Waals surface area contributed by atoms with Gasteiger partial charge in [-0.25, -0.2) is 0 Å². The fourth-order valence-electron chi connectivity index (χ4n) is 0.172. The Kier molecular flexibility index (Phi) is 7.92. The van der Waals surface area contributed by atoms with Gasteiger partial charge in [-0.1, -0.05) is 48.0 Å². The Hall–Kier alpha value is 1.32. The third kappa shape index (κ3) is 9.32. The minimum atomic E-state index is 0.599. The number of hydrogen-bond donors (Lipinski definition) is 2. The molecule has 0 saturated heterocycles. The first kappa shape index (κ1) is 11.3. The van der Waals surface area contributed by atoms with Crippen LogP contribution in [0.3, 0.4) is 0 Å². The van der Waals surface area contributed by atoms with E-state index in [1.807, 2.05) is 10.8 Å². The first-order valence-electron chi connectivity index (χ1n) is 2.07. The van der Waals surface area contributed by atoms with Gasteiger partial charge in [0.05, 0.1) is 0 Å². The van der Waals surface area contributed by atoms with Gasteiger partial charge < -0.3 is 0 Å². The Morgan fingerprint density at radius 1 is 1.00 bits per heavy atom. The third-order valence-corrected chi connectivity index (χ3v) is 2.72. The van der Waals surface area contributed by atoms with E-state index in [1.54, 1.807) is 0 Å². The molecule has 10 heavy (non-hydrogen) atoms. The number of rotatable bonds is 2. The van der Waals surface area contributed by atoms with Crippen molar-refractivity contribution in [2.75, 3.05) is 0 Å². The lowest BCUT2D eigenvalue weighted by molar-refractivity contribution is 2.59. The van der Waals surface area contributed by atoms with E-state index in [4.69, 9.17) is 0 Å². The zero-order chi connectivity index (χ0) is 7.98. The predicted molar refractivity (Wildman–Crippen MR) is 67.5 cm³/mol. The molecule has 0 aromatic heterocycles. The van der Waals surface area contributed by atoms with Crippen molar-refractivity contribution in [3.8, 4) is 0 Å². The third-order valence-electron chi connectivity index (χ3n) is 0.393. The van der Waals surface area contributed by atoms with Gasteiger partial charge in [-0.2, -0.15) is 0 Å². The molecule has 6 heteroatoms. The minimum Gasteiger partial charge on any atom is -0.125 e. The lowest BCUT2D eigenvalue weighted by Crippen LogP contribution is -1.65. The molecule has 0 aromatic carbocycles. The van der Waals surface area contributed by atoms with Crippen LogP contribution in [0.25, 0.3) is 0 Å². The molecular weight excluding hydrogens is 240 g/mol. The van der Waals surface area contributed by atoms with Crippen LogP contribution in [0.2, 0.25) is 0 Å². The van der Waals surface area contributed by atoms with Crippen LogP contribution in [0.5, 0.6) is 0 Å². The highest BCUT2D eigenvalue weighted by Gasteiger charge is 1.84. The Morgan fingerprint density at radius 2 is 1.30 bits per heavy atom. The van der Waals surface area contributed by atoms with Crippen LogP contribution >= 0.6 is 73.2 Å². The first-order valence-corrected chi connectivity index (χ1v) is 5.54. The molecule has 0 fully saturated rings. The molecule has 0 amide bonds. The molecule has 0 bridgehead atoms. The fraction of sp³-hybridized carbons (Fsp3) is 0. The van der Waals surface area contributed by atoms with Crippen LogP contribution in [0, 0.1) is 0 Å². The van der Waals surface area contributed by atoms with Gasteiger partial charge in [0.15, 0.2) is 0 Å². The highest BCUT2D eigenvalue weighted by atomic mass is 32.2. The highest BCUT2D eigenvalue weighted by Crippen LogP contribution is 2.15. The van der Waals surface area contributed by atoms with Gasteiger partial charge in [0.1, 0.15) is 7.06 Å². The van der Waals surface area contributed by atoms with Gasteiger partial charge in [-0.05, 0) is 10.8 Å². The van der Waals surface area contributed by atoms with Crippen LogP contribution < -0.4 is 0 Å². The number of thiocarbonyl (C=S) groups is 2. The standard InChI is InChI=1S/C4H4S6/c5-3(6)9-1-2-10-4(7)8/h1-2H,(H,5,6)(H,7,8)/b2-1+. The smallest absolute Gasteiger partial charge is 0.105 e. The van der Waals surface area contributed by atoms with E-state index in [0.717, 1.165) is 0 Å². The normalized spacial score (nSPS) is 10.2. The van der Waals surface area contributed by atoms with E-state index >= 15 is 0 Å². The summed E-state index contributed by atoms with van der Waals surface area (Å²) in [5.41, 5.74) is 0. The van der Waals surface area contributed by atoms with Gasteiger partial charge in [0.25, 0.3) is 0 Å². The van der Waals surface area contributed by atoms with Crippen LogP contribution in [0.1, 0.15) is 0 Å². The summed E-state index contributed by atoms with van der Waals surface area (Å²) in [4.78, 5) is 0. The Balaban J connectivity index is 3.38. The van der Waals surface area contributed by atoms with Crippen LogP contribution in [0.4, 0.5) is 0 Å². The summed E-state index contributed by atoms with van der Waals surface area (Å²) in [5, 5.41) is 3.64. The maximum atomic E-state index is 4.69. The molecule has 0 aliphatic heterocycles. The van der Waals surface area contributed by atoms with Crippen molar-refractivity contribution in [1.29, 1.82) is 0 Å². The summed E-state index contributed by atoms with van der Waals surface area (Å²) < 4.78 is 1.20. The van der Waals surface area contributed by atoms with E-state index < -0.39 is 0 Å². The molecule has 0 aromatic rings. The van der Waals surface area contributed by atoms with Gasteiger partial charge in [0, 0.05) is 0 Å². The molecule has 0 aliphatic rings. The number of hydrogen-bond acceptors (Lipinski definition) is 4. The van der Waals surface area contributed by atoms with Crippen molar-refractivity contribution in [2.45, 2.75) is 0 Å². The summed E-state index contributed by atoms with van der Waals surface area (Å²) in [5.74, 6) is 0. The second kappa shape index (κ2) is 7.00. The topological polar surface area (TPSA) is 0 Å². The van der Waals surface area contributed by atoms with Crippen molar-refractivity contribution in [1.82, 2.24) is 0 Å². The number of thiol groups is 2. The Bertz CT molecular complexity index is 141. The van der Waals surface area contributed by atoms with Gasteiger partial charge in [0.2, 0.25) is 0 Å². The van der Waals surface area contributed by atoms with E-state index in [9.17, 15) is 0 Å². The highest BCUT2D eigenvalue weighted by molar-refractivity contribution is 8.44. The molecule has 0 aliphatic carbocycles. The second-order valence-electron chi connectivity index (χ2n) is 1.04. The monoisotopic (exact) mass is 244 g/mol. The van der Waals surface area contributed by atoms with Gasteiger partial charge in [-0.15, -0.1) is 25.3 Å². The average Bonchev–Trinajstić information content (AvgIpc) is 1.79. The average molecular weight is 244 g/mol. The first-order chi connectivity index (χ1) is 4.63. The van der Waals surface area contributed by atoms with Crippen molar-refractivity contribution in [3.05, 3.63) is 10.8 Å². The quantitative estimate of drug-likeness (QED) is 0.564. The summed E-state index contributed by atoms with van der Waals surface area (Å²) in [6, 6.07) is 0. The molecule has 0 heterocycles. The lowest BCUT2D eigenvalue weighted by atomic mass is 11.3. The molecule has 0 radical (unpaired) electrons. The molecule has 56 valence electrons. The maximum absolute atomic E-state index is 4.69. The number of thioether (sulfide) groups is 2. The largest absolute Gasteiger partial charge is 0.125 e. The van der Waals surface area contributed by atoms with E-state index in [0.29, 0.717) is 7.06 Å². The van der Waals surface area contributed by atoms with E-state index in [2.05, 4.69) is 49.7 Å². The fourth-order valence-corrected chi connectivity index (χ4v) is 1.55. The van der Waals surface area contributed by atoms with Crippen LogP contribution in [-0.2, 0) is 0 Å². The SMILES string of the molecule is S=C(S)S/C=C/SC(=S)S. The predicted octanol–water partition coefficient (Wildman–Crippen LogP) is 3.35. The zero-order valence-electron chi connectivity index (χ0n) is 4.68. The van der Waals surface area contributed by atoms with Crippen molar-refractivity contribution in [2.24, 2.45) is 0 Å². The van der Waals surface area contributed by atoms with Gasteiger partial charge >= 0.3 is 0 Å². The van der Waals surface area contributed by atoms with Crippen molar-refractivity contribution >= 4 is 80.3 Å². The van der Waals surface area contributed by atoms with Gasteiger partial charge in [-0.3, -0.25) is 0 Å².